The first-order valence-electron chi connectivity index (χ1n) is 8.40. The molecule has 0 bridgehead atoms. The molecule has 0 aliphatic carbocycles. The fourth-order valence-corrected chi connectivity index (χ4v) is 2.53. The maximum absolute atomic E-state index is 12.1. The summed E-state index contributed by atoms with van der Waals surface area (Å²) >= 11 is 0. The number of esters is 1. The summed E-state index contributed by atoms with van der Waals surface area (Å²) in [5.41, 5.74) is 2.01. The number of hydrogen-bond acceptors (Lipinski definition) is 5. The Morgan fingerprint density at radius 2 is 1.85 bits per heavy atom. The average Bonchev–Trinajstić information content (AvgIpc) is 2.60. The van der Waals surface area contributed by atoms with Crippen molar-refractivity contribution >= 4 is 16.9 Å². The van der Waals surface area contributed by atoms with Crippen LogP contribution in [0.5, 0.6) is 11.5 Å². The van der Waals surface area contributed by atoms with E-state index in [-0.39, 0.29) is 6.61 Å². The van der Waals surface area contributed by atoms with E-state index in [9.17, 15) is 9.59 Å². The van der Waals surface area contributed by atoms with Crippen LogP contribution < -0.4 is 15.1 Å². The number of rotatable bonds is 5. The molecule has 0 aliphatic heterocycles. The van der Waals surface area contributed by atoms with Crippen molar-refractivity contribution in [2.24, 2.45) is 0 Å². The Morgan fingerprint density at radius 1 is 1.08 bits per heavy atom. The largest absolute Gasteiger partial charge is 0.482 e. The van der Waals surface area contributed by atoms with Crippen LogP contribution in [0.4, 0.5) is 0 Å². The zero-order chi connectivity index (χ0) is 18.7. The molecular weight excluding hydrogens is 332 g/mol. The average molecular weight is 352 g/mol. The fourth-order valence-electron chi connectivity index (χ4n) is 2.53. The van der Waals surface area contributed by atoms with Crippen molar-refractivity contribution in [3.63, 3.8) is 0 Å². The van der Waals surface area contributed by atoms with Gasteiger partial charge in [-0.3, -0.25) is 0 Å². The normalized spacial score (nSPS) is 10.9. The van der Waals surface area contributed by atoms with Crippen molar-refractivity contribution in [2.45, 2.75) is 26.7 Å². The van der Waals surface area contributed by atoms with Gasteiger partial charge in [0.05, 0.1) is 0 Å². The minimum atomic E-state index is -0.531. The minimum absolute atomic E-state index is 0.209. The van der Waals surface area contributed by atoms with Crippen molar-refractivity contribution in [3.8, 4) is 11.5 Å². The molecule has 0 amide bonds. The number of benzene rings is 2. The molecule has 0 spiro atoms. The highest BCUT2D eigenvalue weighted by atomic mass is 16.6. The Kier molecular flexibility index (Phi) is 5.07. The quantitative estimate of drug-likeness (QED) is 0.391. The van der Waals surface area contributed by atoms with Gasteiger partial charge in [-0.15, -0.1) is 0 Å². The summed E-state index contributed by atoms with van der Waals surface area (Å²) < 4.78 is 16.0. The van der Waals surface area contributed by atoms with Crippen LogP contribution in [-0.2, 0) is 4.79 Å². The summed E-state index contributed by atoms with van der Waals surface area (Å²) in [6, 6.07) is 13.8. The van der Waals surface area contributed by atoms with E-state index in [1.807, 2.05) is 25.1 Å². The molecule has 3 rings (SSSR count). The number of hydrogen-bond donors (Lipinski definition) is 0. The van der Waals surface area contributed by atoms with Crippen LogP contribution in [0, 0.1) is 6.92 Å². The highest BCUT2D eigenvalue weighted by Gasteiger charge is 2.10. The van der Waals surface area contributed by atoms with Crippen molar-refractivity contribution in [3.05, 3.63) is 70.1 Å². The van der Waals surface area contributed by atoms with Gasteiger partial charge in [0.1, 0.15) is 17.1 Å². The monoisotopic (exact) mass is 352 g/mol. The molecule has 0 N–H and O–H groups in total. The van der Waals surface area contributed by atoms with E-state index >= 15 is 0 Å². The van der Waals surface area contributed by atoms with E-state index < -0.39 is 11.6 Å². The van der Waals surface area contributed by atoms with Crippen LogP contribution in [0.1, 0.15) is 30.9 Å². The molecule has 0 aliphatic rings. The lowest BCUT2D eigenvalue weighted by atomic mass is 10.0. The predicted molar refractivity (Wildman–Crippen MR) is 98.9 cm³/mol. The molecule has 3 aromatic rings. The molecule has 1 heterocycles. The molecule has 134 valence electrons. The smallest absolute Gasteiger partial charge is 0.349 e. The third-order valence-electron chi connectivity index (χ3n) is 4.05. The summed E-state index contributed by atoms with van der Waals surface area (Å²) in [6.07, 6.45) is 0. The van der Waals surface area contributed by atoms with Crippen LogP contribution in [-0.4, -0.2) is 12.6 Å². The molecule has 0 unspecified atom stereocenters. The Morgan fingerprint density at radius 3 is 2.62 bits per heavy atom. The molecule has 0 atom stereocenters. The Hall–Kier alpha value is -3.08. The number of fused-ring (bicyclic) bond motifs is 1. The van der Waals surface area contributed by atoms with Crippen molar-refractivity contribution in [2.75, 3.05) is 6.61 Å². The maximum Gasteiger partial charge on any atom is 0.349 e. The first kappa shape index (κ1) is 17.7. The van der Waals surface area contributed by atoms with E-state index in [0.717, 1.165) is 16.5 Å². The molecule has 0 saturated heterocycles. The summed E-state index contributed by atoms with van der Waals surface area (Å²) in [5, 5.41) is 0.752. The highest BCUT2D eigenvalue weighted by Crippen LogP contribution is 2.24. The molecule has 0 fully saturated rings. The van der Waals surface area contributed by atoms with Gasteiger partial charge < -0.3 is 13.9 Å². The molecular formula is C21H20O5. The second kappa shape index (κ2) is 7.44. The maximum atomic E-state index is 12.1. The standard InChI is InChI=1S/C21H20O5/c1-13(2)16-5-4-14(3)18(10-16)24-12-21(23)25-17-8-6-15-7-9-20(22)26-19(15)11-17/h4-11,13H,12H2,1-3H3. The molecule has 5 heteroatoms. The number of carbonyl (C=O) groups excluding carboxylic acids is 1. The van der Waals surface area contributed by atoms with Gasteiger partial charge in [-0.05, 0) is 48.2 Å². The SMILES string of the molecule is Cc1ccc(C(C)C)cc1OCC(=O)Oc1ccc2ccc(=O)oc2c1. The van der Waals surface area contributed by atoms with E-state index in [2.05, 4.69) is 13.8 Å². The zero-order valence-corrected chi connectivity index (χ0v) is 14.9. The van der Waals surface area contributed by atoms with Crippen LogP contribution >= 0.6 is 0 Å². The molecule has 0 saturated carbocycles. The second-order valence-electron chi connectivity index (χ2n) is 6.40. The fraction of sp³-hybridized carbons (Fsp3) is 0.238. The van der Waals surface area contributed by atoms with E-state index in [0.29, 0.717) is 23.0 Å². The van der Waals surface area contributed by atoms with E-state index in [4.69, 9.17) is 13.9 Å². The van der Waals surface area contributed by atoms with Crippen molar-refractivity contribution in [1.29, 1.82) is 0 Å². The number of aryl methyl sites for hydroxylation is 1. The van der Waals surface area contributed by atoms with Crippen LogP contribution in [0.25, 0.3) is 11.0 Å². The van der Waals surface area contributed by atoms with Crippen LogP contribution in [0.3, 0.4) is 0 Å². The van der Waals surface area contributed by atoms with Gasteiger partial charge in [0, 0.05) is 17.5 Å². The Labute approximate surface area is 151 Å². The van der Waals surface area contributed by atoms with Crippen molar-refractivity contribution in [1.82, 2.24) is 0 Å². The lowest BCUT2D eigenvalue weighted by Crippen LogP contribution is -2.18. The van der Waals surface area contributed by atoms with Gasteiger partial charge in [-0.25, -0.2) is 9.59 Å². The third-order valence-corrected chi connectivity index (χ3v) is 4.05. The van der Waals surface area contributed by atoms with Gasteiger partial charge in [0.15, 0.2) is 6.61 Å². The zero-order valence-electron chi connectivity index (χ0n) is 14.9. The van der Waals surface area contributed by atoms with Gasteiger partial charge in [0.2, 0.25) is 0 Å². The summed E-state index contributed by atoms with van der Waals surface area (Å²) in [7, 11) is 0. The Balaban J connectivity index is 1.68. The molecule has 2 aromatic carbocycles. The first-order chi connectivity index (χ1) is 12.4. The summed E-state index contributed by atoms with van der Waals surface area (Å²) in [4.78, 5) is 23.4. The van der Waals surface area contributed by atoms with Gasteiger partial charge in [-0.1, -0.05) is 26.0 Å². The topological polar surface area (TPSA) is 65.7 Å². The number of carbonyl (C=O) groups is 1. The minimum Gasteiger partial charge on any atom is -0.482 e. The molecule has 26 heavy (non-hydrogen) atoms. The van der Waals surface area contributed by atoms with Crippen molar-refractivity contribution < 1.29 is 18.7 Å². The first-order valence-corrected chi connectivity index (χ1v) is 8.40. The highest BCUT2D eigenvalue weighted by molar-refractivity contribution is 5.80. The summed E-state index contributed by atoms with van der Waals surface area (Å²) in [6.45, 7) is 5.91. The Bertz CT molecular complexity index is 1000. The lowest BCUT2D eigenvalue weighted by Gasteiger charge is -2.12. The molecule has 5 nitrogen and oxygen atoms in total. The molecule has 0 radical (unpaired) electrons. The van der Waals surface area contributed by atoms with Crippen LogP contribution in [0.15, 0.2) is 57.7 Å². The third kappa shape index (κ3) is 4.11. The predicted octanol–water partition coefficient (Wildman–Crippen LogP) is 4.21. The molecule has 1 aromatic heterocycles. The lowest BCUT2D eigenvalue weighted by molar-refractivity contribution is -0.136. The number of ether oxygens (including phenoxy) is 2. The van der Waals surface area contributed by atoms with Crippen LogP contribution in [0.2, 0.25) is 0 Å². The van der Waals surface area contributed by atoms with Gasteiger partial charge in [0.25, 0.3) is 0 Å². The van der Waals surface area contributed by atoms with Gasteiger partial charge in [-0.2, -0.15) is 0 Å². The van der Waals surface area contributed by atoms with E-state index in [1.165, 1.54) is 12.1 Å². The van der Waals surface area contributed by atoms with Gasteiger partial charge >= 0.3 is 11.6 Å². The second-order valence-corrected chi connectivity index (χ2v) is 6.40. The van der Waals surface area contributed by atoms with E-state index in [1.54, 1.807) is 18.2 Å². The summed E-state index contributed by atoms with van der Waals surface area (Å²) in [5.74, 6) is 0.805.